The average molecular weight is 216 g/mol. The van der Waals surface area contributed by atoms with Crippen molar-refractivity contribution in [2.24, 2.45) is 0 Å². The maximum atomic E-state index is 12.8. The molecule has 0 spiro atoms. The lowest BCUT2D eigenvalue weighted by atomic mass is 10.2. The lowest BCUT2D eigenvalue weighted by Crippen LogP contribution is -1.78. The average Bonchev–Trinajstić information content (AvgIpc) is 2.75. The minimum atomic E-state index is -0.248. The topological polar surface area (TPSA) is 30.4 Å². The van der Waals surface area contributed by atoms with E-state index in [2.05, 4.69) is 4.98 Å². The van der Waals surface area contributed by atoms with Gasteiger partial charge in [0.1, 0.15) is 11.6 Å². The highest BCUT2D eigenvalue weighted by atomic mass is 19.1. The summed E-state index contributed by atoms with van der Waals surface area (Å²) in [5, 5.41) is 0. The van der Waals surface area contributed by atoms with Gasteiger partial charge in [-0.25, -0.2) is 4.39 Å². The molecule has 2 heterocycles. The van der Waals surface area contributed by atoms with Gasteiger partial charge in [-0.05, 0) is 31.2 Å². The Labute approximate surface area is 91.2 Å². The Bertz CT molecular complexity index is 605. The predicted molar refractivity (Wildman–Crippen MR) is 57.6 cm³/mol. The van der Waals surface area contributed by atoms with Crippen LogP contribution >= 0.6 is 0 Å². The molecule has 0 saturated heterocycles. The van der Waals surface area contributed by atoms with Crippen molar-refractivity contribution >= 4 is 5.84 Å². The molecule has 0 amide bonds. The van der Waals surface area contributed by atoms with Gasteiger partial charge in [-0.15, -0.1) is 0 Å². The van der Waals surface area contributed by atoms with Crippen molar-refractivity contribution in [3.63, 3.8) is 0 Å². The second-order valence-electron chi connectivity index (χ2n) is 3.66. The van der Waals surface area contributed by atoms with Gasteiger partial charge < -0.3 is 4.42 Å². The summed E-state index contributed by atoms with van der Waals surface area (Å²) in [5.41, 5.74) is 1.65. The third kappa shape index (κ3) is 1.39. The molecule has 3 rings (SSSR count). The number of aryl methyl sites for hydroxylation is 1. The molecule has 0 unspecified atom stereocenters. The Morgan fingerprint density at radius 2 is 1.94 bits per heavy atom. The molecule has 0 atom stereocenters. The number of aromatic nitrogens is 2. The zero-order valence-corrected chi connectivity index (χ0v) is 8.64. The molecular formula is C12H9FN2O. The van der Waals surface area contributed by atoms with Crippen molar-refractivity contribution in [1.82, 2.24) is 9.38 Å². The minimum Gasteiger partial charge on any atom is -0.429 e. The lowest BCUT2D eigenvalue weighted by Gasteiger charge is -1.94. The van der Waals surface area contributed by atoms with Gasteiger partial charge in [0.15, 0.2) is 0 Å². The third-order valence-corrected chi connectivity index (χ3v) is 2.41. The van der Waals surface area contributed by atoms with E-state index in [0.717, 1.165) is 17.0 Å². The number of rotatable bonds is 1. The summed E-state index contributed by atoms with van der Waals surface area (Å²) in [4.78, 5) is 4.31. The van der Waals surface area contributed by atoms with Gasteiger partial charge >= 0.3 is 5.84 Å². The molecule has 0 aliphatic carbocycles. The van der Waals surface area contributed by atoms with Crippen LogP contribution in [0.1, 0.15) is 5.76 Å². The highest BCUT2D eigenvalue weighted by Gasteiger charge is 2.07. The fraction of sp³-hybridized carbons (Fsp3) is 0.0833. The van der Waals surface area contributed by atoms with Gasteiger partial charge in [-0.3, -0.25) is 4.40 Å². The molecule has 0 saturated carbocycles. The van der Waals surface area contributed by atoms with Gasteiger partial charge in [0.05, 0.1) is 11.9 Å². The number of nitrogens with zero attached hydrogens (tertiary/aromatic N) is 2. The quantitative estimate of drug-likeness (QED) is 0.625. The monoisotopic (exact) mass is 216 g/mol. The van der Waals surface area contributed by atoms with Gasteiger partial charge in [0.2, 0.25) is 0 Å². The van der Waals surface area contributed by atoms with Crippen LogP contribution in [0.2, 0.25) is 0 Å². The van der Waals surface area contributed by atoms with Crippen molar-refractivity contribution < 1.29 is 8.81 Å². The Balaban J connectivity index is 2.11. The SMILES string of the molecule is Cc1cn2cc(-c3ccc(F)cc3)nc2o1. The molecule has 3 aromatic rings. The first-order valence-electron chi connectivity index (χ1n) is 4.93. The highest BCUT2D eigenvalue weighted by molar-refractivity contribution is 5.60. The predicted octanol–water partition coefficient (Wildman–Crippen LogP) is 3.04. The first kappa shape index (κ1) is 9.15. The molecule has 1 aromatic carbocycles. The van der Waals surface area contributed by atoms with E-state index in [-0.39, 0.29) is 5.82 Å². The van der Waals surface area contributed by atoms with E-state index in [1.165, 1.54) is 12.1 Å². The van der Waals surface area contributed by atoms with Crippen LogP contribution in [-0.2, 0) is 0 Å². The van der Waals surface area contributed by atoms with Crippen LogP contribution in [0.15, 0.2) is 41.1 Å². The normalized spacial score (nSPS) is 11.1. The van der Waals surface area contributed by atoms with Gasteiger partial charge in [0.25, 0.3) is 0 Å². The molecule has 2 aromatic heterocycles. The largest absolute Gasteiger partial charge is 0.429 e. The van der Waals surface area contributed by atoms with E-state index in [4.69, 9.17) is 4.42 Å². The number of benzene rings is 1. The summed E-state index contributed by atoms with van der Waals surface area (Å²) < 4.78 is 19.9. The van der Waals surface area contributed by atoms with E-state index >= 15 is 0 Å². The molecule has 0 N–H and O–H groups in total. The molecule has 3 nitrogen and oxygen atoms in total. The Morgan fingerprint density at radius 3 is 2.62 bits per heavy atom. The Kier molecular flexibility index (Phi) is 1.83. The second kappa shape index (κ2) is 3.20. The first-order valence-corrected chi connectivity index (χ1v) is 4.93. The van der Waals surface area contributed by atoms with Crippen LogP contribution in [0.5, 0.6) is 0 Å². The number of halogens is 1. The molecule has 0 aliphatic rings. The number of imidazole rings is 1. The Hall–Kier alpha value is -2.10. The van der Waals surface area contributed by atoms with Crippen LogP contribution in [0.25, 0.3) is 17.1 Å². The van der Waals surface area contributed by atoms with Crippen molar-refractivity contribution in [3.05, 3.63) is 48.2 Å². The number of hydrogen-bond acceptors (Lipinski definition) is 2. The molecule has 80 valence electrons. The van der Waals surface area contributed by atoms with Crippen LogP contribution in [0.4, 0.5) is 4.39 Å². The van der Waals surface area contributed by atoms with E-state index in [1.54, 1.807) is 12.1 Å². The third-order valence-electron chi connectivity index (χ3n) is 2.41. The highest BCUT2D eigenvalue weighted by Crippen LogP contribution is 2.20. The summed E-state index contributed by atoms with van der Waals surface area (Å²) in [5.74, 6) is 1.12. The second-order valence-corrected chi connectivity index (χ2v) is 3.66. The fourth-order valence-electron chi connectivity index (χ4n) is 1.67. The van der Waals surface area contributed by atoms with Gasteiger partial charge in [-0.2, -0.15) is 4.98 Å². The molecule has 0 bridgehead atoms. The molecule has 0 radical (unpaired) electrons. The van der Waals surface area contributed by atoms with Crippen LogP contribution in [-0.4, -0.2) is 9.38 Å². The summed E-state index contributed by atoms with van der Waals surface area (Å²) >= 11 is 0. The van der Waals surface area contributed by atoms with E-state index in [0.29, 0.717) is 5.84 Å². The van der Waals surface area contributed by atoms with Crippen LogP contribution < -0.4 is 0 Å². The zero-order chi connectivity index (χ0) is 11.1. The van der Waals surface area contributed by atoms with Crippen molar-refractivity contribution in [2.75, 3.05) is 0 Å². The number of hydrogen-bond donors (Lipinski definition) is 0. The Morgan fingerprint density at radius 1 is 1.19 bits per heavy atom. The number of oxazole rings is 1. The molecule has 16 heavy (non-hydrogen) atoms. The van der Waals surface area contributed by atoms with E-state index < -0.39 is 0 Å². The van der Waals surface area contributed by atoms with Crippen molar-refractivity contribution in [2.45, 2.75) is 6.92 Å². The minimum absolute atomic E-state index is 0.248. The standard InChI is InChI=1S/C12H9FN2O/c1-8-6-15-7-11(14-12(15)16-8)9-2-4-10(13)5-3-9/h2-7H,1H3. The maximum Gasteiger partial charge on any atom is 0.306 e. The maximum absolute atomic E-state index is 12.8. The fourth-order valence-corrected chi connectivity index (χ4v) is 1.67. The van der Waals surface area contributed by atoms with Crippen molar-refractivity contribution in [1.29, 1.82) is 0 Å². The summed E-state index contributed by atoms with van der Waals surface area (Å²) in [6.45, 7) is 1.87. The lowest BCUT2D eigenvalue weighted by molar-refractivity contribution is 0.563. The summed E-state index contributed by atoms with van der Waals surface area (Å²) in [7, 11) is 0. The van der Waals surface area contributed by atoms with Gasteiger partial charge in [0, 0.05) is 11.8 Å². The summed E-state index contributed by atoms with van der Waals surface area (Å²) in [6, 6.07) is 6.23. The molecule has 0 fully saturated rings. The smallest absolute Gasteiger partial charge is 0.306 e. The van der Waals surface area contributed by atoms with Crippen molar-refractivity contribution in [3.8, 4) is 11.3 Å². The van der Waals surface area contributed by atoms with Crippen LogP contribution in [0.3, 0.4) is 0 Å². The van der Waals surface area contributed by atoms with E-state index in [1.807, 2.05) is 23.7 Å². The molecule has 4 heteroatoms. The number of fused-ring (bicyclic) bond motifs is 1. The zero-order valence-electron chi connectivity index (χ0n) is 8.64. The summed E-state index contributed by atoms with van der Waals surface area (Å²) in [6.07, 6.45) is 3.72. The first-order chi connectivity index (χ1) is 7.72. The van der Waals surface area contributed by atoms with Gasteiger partial charge in [-0.1, -0.05) is 0 Å². The van der Waals surface area contributed by atoms with E-state index in [9.17, 15) is 4.39 Å². The van der Waals surface area contributed by atoms with Crippen LogP contribution in [0, 0.1) is 12.7 Å². The molecule has 0 aliphatic heterocycles. The molecular weight excluding hydrogens is 207 g/mol.